The van der Waals surface area contributed by atoms with Gasteiger partial charge in [-0.1, -0.05) is 0 Å². The Bertz CT molecular complexity index is 496. The summed E-state index contributed by atoms with van der Waals surface area (Å²) in [6.07, 6.45) is 0. The third-order valence-electron chi connectivity index (χ3n) is 3.81. The van der Waals surface area contributed by atoms with Gasteiger partial charge in [-0.25, -0.2) is 0 Å². The predicted molar refractivity (Wildman–Crippen MR) is 83.9 cm³/mol. The van der Waals surface area contributed by atoms with Crippen LogP contribution in [0.25, 0.3) is 0 Å². The van der Waals surface area contributed by atoms with Crippen LogP contribution in [-0.2, 0) is 6.54 Å². The minimum atomic E-state index is 0.619. The molecule has 1 aromatic carbocycles. The first-order valence-electron chi connectivity index (χ1n) is 7.08. The largest absolute Gasteiger partial charge is 0.497 e. The number of ether oxygens (including phenoxy) is 2. The summed E-state index contributed by atoms with van der Waals surface area (Å²) in [4.78, 5) is 8.53. The van der Waals surface area contributed by atoms with Crippen LogP contribution in [0.2, 0.25) is 0 Å². The maximum absolute atomic E-state index is 5.85. The maximum Gasteiger partial charge on any atom is 0.191 e. The lowest BCUT2D eigenvalue weighted by Crippen LogP contribution is -2.50. The van der Waals surface area contributed by atoms with Crippen LogP contribution in [-0.4, -0.2) is 63.2 Å². The van der Waals surface area contributed by atoms with Crippen molar-refractivity contribution in [2.24, 2.45) is 10.7 Å². The summed E-state index contributed by atoms with van der Waals surface area (Å²) in [6.45, 7) is 4.55. The monoisotopic (exact) mass is 292 g/mol. The number of benzene rings is 1. The van der Waals surface area contributed by atoms with Gasteiger partial charge in [0.1, 0.15) is 11.5 Å². The molecule has 0 aliphatic carbocycles. The molecule has 1 aromatic rings. The van der Waals surface area contributed by atoms with Crippen molar-refractivity contribution < 1.29 is 9.47 Å². The molecule has 0 amide bonds. The van der Waals surface area contributed by atoms with Gasteiger partial charge in [0.25, 0.3) is 0 Å². The molecule has 0 aromatic heterocycles. The number of rotatable bonds is 4. The van der Waals surface area contributed by atoms with Gasteiger partial charge in [0.05, 0.1) is 14.2 Å². The molecular weight excluding hydrogens is 268 g/mol. The van der Waals surface area contributed by atoms with Crippen LogP contribution >= 0.6 is 0 Å². The van der Waals surface area contributed by atoms with E-state index in [-0.39, 0.29) is 0 Å². The molecule has 1 heterocycles. The van der Waals surface area contributed by atoms with Gasteiger partial charge in [0.2, 0.25) is 0 Å². The third-order valence-corrected chi connectivity index (χ3v) is 3.81. The molecule has 6 heteroatoms. The Morgan fingerprint density at radius 1 is 1.19 bits per heavy atom. The Labute approximate surface area is 126 Å². The summed E-state index contributed by atoms with van der Waals surface area (Å²) in [7, 11) is 5.10. The predicted octanol–water partition coefficient (Wildman–Crippen LogP) is 0.766. The minimum Gasteiger partial charge on any atom is -0.497 e. The molecule has 0 unspecified atom stereocenters. The highest BCUT2D eigenvalue weighted by Crippen LogP contribution is 2.25. The summed E-state index contributed by atoms with van der Waals surface area (Å²) in [5.41, 5.74) is 6.99. The lowest BCUT2D eigenvalue weighted by Gasteiger charge is -2.35. The Morgan fingerprint density at radius 3 is 2.48 bits per heavy atom. The molecule has 0 saturated carbocycles. The van der Waals surface area contributed by atoms with E-state index in [9.17, 15) is 0 Å². The first-order valence-corrected chi connectivity index (χ1v) is 7.08. The SMILES string of the molecule is CN=C(N)N1CCN(Cc2cc(OC)ccc2OC)CC1. The van der Waals surface area contributed by atoms with Gasteiger partial charge in [0, 0.05) is 45.3 Å². The first-order chi connectivity index (χ1) is 10.2. The van der Waals surface area contributed by atoms with Crippen molar-refractivity contribution in [1.29, 1.82) is 0 Å². The van der Waals surface area contributed by atoms with E-state index in [4.69, 9.17) is 15.2 Å². The highest BCUT2D eigenvalue weighted by atomic mass is 16.5. The van der Waals surface area contributed by atoms with Crippen LogP contribution < -0.4 is 15.2 Å². The molecule has 6 nitrogen and oxygen atoms in total. The second-order valence-corrected chi connectivity index (χ2v) is 5.02. The third kappa shape index (κ3) is 3.78. The van der Waals surface area contributed by atoms with E-state index in [1.165, 1.54) is 0 Å². The second kappa shape index (κ2) is 7.17. The lowest BCUT2D eigenvalue weighted by molar-refractivity contribution is 0.173. The standard InChI is InChI=1S/C15H24N4O2/c1-17-15(16)19-8-6-18(7-9-19)11-12-10-13(20-2)4-5-14(12)21-3/h4-5,10H,6-9,11H2,1-3H3,(H2,16,17). The smallest absolute Gasteiger partial charge is 0.191 e. The van der Waals surface area contributed by atoms with Crippen molar-refractivity contribution >= 4 is 5.96 Å². The molecule has 0 atom stereocenters. The minimum absolute atomic E-state index is 0.619. The number of nitrogens with two attached hydrogens (primary N) is 1. The van der Waals surface area contributed by atoms with E-state index in [0.29, 0.717) is 5.96 Å². The van der Waals surface area contributed by atoms with Crippen molar-refractivity contribution in [3.8, 4) is 11.5 Å². The summed E-state index contributed by atoms with van der Waals surface area (Å²) in [6, 6.07) is 5.90. The van der Waals surface area contributed by atoms with E-state index in [2.05, 4.69) is 14.8 Å². The van der Waals surface area contributed by atoms with Crippen LogP contribution in [0.1, 0.15) is 5.56 Å². The molecule has 1 saturated heterocycles. The lowest BCUT2D eigenvalue weighted by atomic mass is 10.1. The fraction of sp³-hybridized carbons (Fsp3) is 0.533. The molecule has 2 N–H and O–H groups in total. The molecule has 0 radical (unpaired) electrons. The second-order valence-electron chi connectivity index (χ2n) is 5.02. The zero-order valence-electron chi connectivity index (χ0n) is 13.0. The molecule has 0 spiro atoms. The maximum atomic E-state index is 5.85. The average molecular weight is 292 g/mol. The van der Waals surface area contributed by atoms with Crippen LogP contribution in [0.4, 0.5) is 0 Å². The summed E-state index contributed by atoms with van der Waals surface area (Å²) >= 11 is 0. The van der Waals surface area contributed by atoms with E-state index in [1.807, 2.05) is 18.2 Å². The van der Waals surface area contributed by atoms with E-state index < -0.39 is 0 Å². The van der Waals surface area contributed by atoms with Gasteiger partial charge in [-0.05, 0) is 18.2 Å². The van der Waals surface area contributed by atoms with Gasteiger partial charge in [-0.2, -0.15) is 0 Å². The first kappa shape index (κ1) is 15.4. The van der Waals surface area contributed by atoms with Gasteiger partial charge in [0.15, 0.2) is 5.96 Å². The number of aliphatic imine (C=N–C) groups is 1. The molecule has 1 fully saturated rings. The Hall–Kier alpha value is -1.95. The normalized spacial score (nSPS) is 16.9. The molecular formula is C15H24N4O2. The average Bonchev–Trinajstić information content (AvgIpc) is 2.54. The molecule has 0 bridgehead atoms. The quantitative estimate of drug-likeness (QED) is 0.656. The Balaban J connectivity index is 2.00. The summed E-state index contributed by atoms with van der Waals surface area (Å²) in [5, 5.41) is 0. The number of hydrogen-bond donors (Lipinski definition) is 1. The van der Waals surface area contributed by atoms with E-state index >= 15 is 0 Å². The zero-order chi connectivity index (χ0) is 15.2. The highest BCUT2D eigenvalue weighted by molar-refractivity contribution is 5.78. The Kier molecular flexibility index (Phi) is 5.27. The van der Waals surface area contributed by atoms with Crippen LogP contribution in [0.3, 0.4) is 0 Å². The van der Waals surface area contributed by atoms with Crippen molar-refractivity contribution in [1.82, 2.24) is 9.80 Å². The number of guanidine groups is 1. The van der Waals surface area contributed by atoms with Crippen LogP contribution in [0, 0.1) is 0 Å². The number of methoxy groups -OCH3 is 2. The van der Waals surface area contributed by atoms with Crippen molar-refractivity contribution in [3.05, 3.63) is 23.8 Å². The fourth-order valence-corrected chi connectivity index (χ4v) is 2.52. The fourth-order valence-electron chi connectivity index (χ4n) is 2.52. The highest BCUT2D eigenvalue weighted by Gasteiger charge is 2.19. The number of nitrogens with zero attached hydrogens (tertiary/aromatic N) is 3. The summed E-state index contributed by atoms with van der Waals surface area (Å²) in [5.74, 6) is 2.37. The van der Waals surface area contributed by atoms with Crippen LogP contribution in [0.5, 0.6) is 11.5 Å². The van der Waals surface area contributed by atoms with Gasteiger partial charge >= 0.3 is 0 Å². The van der Waals surface area contributed by atoms with Crippen molar-refractivity contribution in [2.75, 3.05) is 47.4 Å². The molecule has 116 valence electrons. The van der Waals surface area contributed by atoms with Crippen molar-refractivity contribution in [3.63, 3.8) is 0 Å². The van der Waals surface area contributed by atoms with Gasteiger partial charge < -0.3 is 20.1 Å². The molecule has 1 aliphatic heterocycles. The number of hydrogen-bond acceptors (Lipinski definition) is 4. The summed E-state index contributed by atoms with van der Waals surface area (Å²) < 4.78 is 10.7. The van der Waals surface area contributed by atoms with E-state index in [1.54, 1.807) is 21.3 Å². The van der Waals surface area contributed by atoms with Crippen molar-refractivity contribution in [2.45, 2.75) is 6.54 Å². The zero-order valence-corrected chi connectivity index (χ0v) is 13.0. The molecule has 1 aliphatic rings. The van der Waals surface area contributed by atoms with Gasteiger partial charge in [-0.3, -0.25) is 9.89 Å². The van der Waals surface area contributed by atoms with Crippen LogP contribution in [0.15, 0.2) is 23.2 Å². The molecule has 21 heavy (non-hydrogen) atoms. The Morgan fingerprint density at radius 2 is 1.90 bits per heavy atom. The topological polar surface area (TPSA) is 63.3 Å². The molecule has 2 rings (SSSR count). The van der Waals surface area contributed by atoms with E-state index in [0.717, 1.165) is 49.8 Å². The number of piperazine rings is 1. The van der Waals surface area contributed by atoms with Gasteiger partial charge in [-0.15, -0.1) is 0 Å².